The van der Waals surface area contributed by atoms with Gasteiger partial charge in [0.2, 0.25) is 0 Å². The maximum Gasteiger partial charge on any atom is 0.335 e. The molecule has 0 spiro atoms. The SMILES string of the molecule is COc1cc(Cl)c(C)cc1N1C(=O)C(Cl)=C(Nc2ccc(C(=O)O)cc2)C1=O. The number of amides is 2. The molecule has 0 saturated heterocycles. The Hall–Kier alpha value is -3.03. The topological polar surface area (TPSA) is 95.9 Å². The third-order valence-corrected chi connectivity index (χ3v) is 4.89. The van der Waals surface area contributed by atoms with Crippen LogP contribution in [0.5, 0.6) is 5.75 Å². The van der Waals surface area contributed by atoms with Crippen molar-refractivity contribution in [2.75, 3.05) is 17.3 Å². The molecule has 3 rings (SSSR count). The molecular weight excluding hydrogens is 407 g/mol. The number of ether oxygens (including phenoxy) is 1. The largest absolute Gasteiger partial charge is 0.494 e. The highest BCUT2D eigenvalue weighted by Crippen LogP contribution is 2.38. The molecule has 1 aliphatic heterocycles. The number of rotatable bonds is 5. The number of halogens is 2. The number of imide groups is 1. The Morgan fingerprint density at radius 2 is 1.75 bits per heavy atom. The van der Waals surface area contributed by atoms with Crippen molar-refractivity contribution in [3.05, 3.63) is 63.3 Å². The number of methoxy groups -OCH3 is 1. The summed E-state index contributed by atoms with van der Waals surface area (Å²) >= 11 is 12.2. The molecule has 28 heavy (non-hydrogen) atoms. The molecule has 0 bridgehead atoms. The molecule has 0 atom stereocenters. The minimum Gasteiger partial charge on any atom is -0.494 e. The molecule has 0 aromatic heterocycles. The summed E-state index contributed by atoms with van der Waals surface area (Å²) in [7, 11) is 1.40. The minimum atomic E-state index is -1.08. The van der Waals surface area contributed by atoms with Gasteiger partial charge in [-0.25, -0.2) is 9.69 Å². The van der Waals surface area contributed by atoms with Crippen LogP contribution in [0.25, 0.3) is 0 Å². The van der Waals surface area contributed by atoms with Gasteiger partial charge in [0.1, 0.15) is 16.5 Å². The van der Waals surface area contributed by atoms with Gasteiger partial charge in [0.05, 0.1) is 18.4 Å². The zero-order chi connectivity index (χ0) is 20.6. The van der Waals surface area contributed by atoms with Crippen molar-refractivity contribution >= 4 is 52.4 Å². The maximum absolute atomic E-state index is 12.9. The molecule has 0 aliphatic carbocycles. The fraction of sp³-hybridized carbons (Fsp3) is 0.105. The lowest BCUT2D eigenvalue weighted by Crippen LogP contribution is -2.32. The lowest BCUT2D eigenvalue weighted by molar-refractivity contribution is -0.120. The van der Waals surface area contributed by atoms with Crippen molar-refractivity contribution in [3.8, 4) is 5.75 Å². The molecule has 9 heteroatoms. The quantitative estimate of drug-likeness (QED) is 0.714. The molecule has 2 aromatic rings. The van der Waals surface area contributed by atoms with Crippen molar-refractivity contribution in [1.82, 2.24) is 0 Å². The monoisotopic (exact) mass is 420 g/mol. The molecule has 2 amide bonds. The van der Waals surface area contributed by atoms with Crippen LogP contribution in [0.1, 0.15) is 15.9 Å². The summed E-state index contributed by atoms with van der Waals surface area (Å²) in [5, 5.41) is 11.9. The van der Waals surface area contributed by atoms with Crippen LogP contribution in [0.15, 0.2) is 47.1 Å². The number of carboxylic acids is 1. The third-order valence-electron chi connectivity index (χ3n) is 4.13. The van der Waals surface area contributed by atoms with Crippen LogP contribution < -0.4 is 15.0 Å². The molecule has 0 fully saturated rings. The summed E-state index contributed by atoms with van der Waals surface area (Å²) < 4.78 is 5.25. The van der Waals surface area contributed by atoms with E-state index in [-0.39, 0.29) is 27.7 Å². The fourth-order valence-electron chi connectivity index (χ4n) is 2.66. The molecule has 144 valence electrons. The van der Waals surface area contributed by atoms with Crippen LogP contribution in [0.4, 0.5) is 11.4 Å². The van der Waals surface area contributed by atoms with Crippen LogP contribution in [0, 0.1) is 6.92 Å². The summed E-state index contributed by atoms with van der Waals surface area (Å²) in [5.74, 6) is -2.21. The number of hydrogen-bond donors (Lipinski definition) is 2. The second kappa shape index (κ2) is 7.53. The number of aromatic carboxylic acids is 1. The number of nitrogens with zero attached hydrogens (tertiary/aromatic N) is 1. The highest BCUT2D eigenvalue weighted by Gasteiger charge is 2.40. The molecule has 7 nitrogen and oxygen atoms in total. The minimum absolute atomic E-state index is 0.0856. The summed E-state index contributed by atoms with van der Waals surface area (Å²) in [6, 6.07) is 8.73. The van der Waals surface area contributed by atoms with Crippen LogP contribution in [0.2, 0.25) is 5.02 Å². The van der Waals surface area contributed by atoms with Gasteiger partial charge in [-0.3, -0.25) is 9.59 Å². The average Bonchev–Trinajstić information content (AvgIpc) is 2.87. The van der Waals surface area contributed by atoms with E-state index >= 15 is 0 Å². The number of anilines is 2. The Morgan fingerprint density at radius 1 is 1.11 bits per heavy atom. The number of aryl methyl sites for hydroxylation is 1. The van der Waals surface area contributed by atoms with Gasteiger partial charge in [-0.1, -0.05) is 23.2 Å². The first kappa shape index (κ1) is 19.7. The lowest BCUT2D eigenvalue weighted by atomic mass is 10.2. The Morgan fingerprint density at radius 3 is 2.32 bits per heavy atom. The van der Waals surface area contributed by atoms with Gasteiger partial charge >= 0.3 is 5.97 Å². The number of carboxylic acid groups (broad SMARTS) is 1. The summed E-state index contributed by atoms with van der Waals surface area (Å²) in [4.78, 5) is 37.4. The smallest absolute Gasteiger partial charge is 0.335 e. The van der Waals surface area contributed by atoms with Gasteiger partial charge in [-0.15, -0.1) is 0 Å². The predicted octanol–water partition coefficient (Wildman–Crippen LogP) is 3.79. The molecule has 0 unspecified atom stereocenters. The lowest BCUT2D eigenvalue weighted by Gasteiger charge is -2.19. The van der Waals surface area contributed by atoms with Gasteiger partial charge in [0.25, 0.3) is 11.8 Å². The summed E-state index contributed by atoms with van der Waals surface area (Å²) in [6.45, 7) is 1.73. The molecule has 0 saturated carbocycles. The van der Waals surface area contributed by atoms with Crippen molar-refractivity contribution in [2.24, 2.45) is 0 Å². The molecule has 1 heterocycles. The standard InChI is InChI=1S/C19H14Cl2N2O5/c1-9-7-13(14(28-2)8-12(9)20)23-17(24)15(21)16(18(23)25)22-11-5-3-10(4-6-11)19(26)27/h3-8,22H,1-2H3,(H,26,27). The van der Waals surface area contributed by atoms with E-state index in [4.69, 9.17) is 33.0 Å². The Kier molecular flexibility index (Phi) is 5.31. The second-order valence-corrected chi connectivity index (χ2v) is 6.70. The normalized spacial score (nSPS) is 13.9. The van der Waals surface area contributed by atoms with Crippen molar-refractivity contribution < 1.29 is 24.2 Å². The van der Waals surface area contributed by atoms with Crippen molar-refractivity contribution in [2.45, 2.75) is 6.92 Å². The fourth-order valence-corrected chi connectivity index (χ4v) is 3.02. The van der Waals surface area contributed by atoms with Crippen LogP contribution >= 0.6 is 23.2 Å². The second-order valence-electron chi connectivity index (χ2n) is 5.92. The zero-order valence-corrected chi connectivity index (χ0v) is 16.3. The number of hydrogen-bond acceptors (Lipinski definition) is 5. The molecular formula is C19H14Cl2N2O5. The number of carbonyl (C=O) groups is 3. The summed E-state index contributed by atoms with van der Waals surface area (Å²) in [5.41, 5.74) is 1.24. The van der Waals surface area contributed by atoms with Gasteiger partial charge in [-0.05, 0) is 42.8 Å². The molecule has 2 N–H and O–H groups in total. The van der Waals surface area contributed by atoms with Crippen molar-refractivity contribution in [1.29, 1.82) is 0 Å². The molecule has 1 aliphatic rings. The number of carbonyl (C=O) groups excluding carboxylic acids is 2. The van der Waals surface area contributed by atoms with E-state index in [2.05, 4.69) is 5.32 Å². The van der Waals surface area contributed by atoms with Gasteiger partial charge < -0.3 is 15.2 Å². The van der Waals surface area contributed by atoms with Crippen molar-refractivity contribution in [3.63, 3.8) is 0 Å². The number of nitrogens with one attached hydrogen (secondary N) is 1. The van der Waals surface area contributed by atoms with Gasteiger partial charge in [0, 0.05) is 16.8 Å². The first-order valence-electron chi connectivity index (χ1n) is 7.97. The first-order valence-corrected chi connectivity index (χ1v) is 8.73. The van der Waals surface area contributed by atoms with E-state index < -0.39 is 17.8 Å². The van der Waals surface area contributed by atoms with Crippen LogP contribution in [-0.2, 0) is 9.59 Å². The first-order chi connectivity index (χ1) is 13.2. The Balaban J connectivity index is 1.94. The highest BCUT2D eigenvalue weighted by molar-refractivity contribution is 6.53. The Labute approximate surface area is 170 Å². The Bertz CT molecular complexity index is 1030. The molecule has 2 aromatic carbocycles. The van der Waals surface area contributed by atoms with Crippen LogP contribution in [-0.4, -0.2) is 30.0 Å². The van der Waals surface area contributed by atoms with E-state index in [1.165, 1.54) is 37.4 Å². The summed E-state index contributed by atoms with van der Waals surface area (Å²) in [6.07, 6.45) is 0. The number of benzene rings is 2. The third kappa shape index (κ3) is 3.42. The predicted molar refractivity (Wildman–Crippen MR) is 105 cm³/mol. The average molecular weight is 421 g/mol. The van der Waals surface area contributed by atoms with E-state index in [1.54, 1.807) is 13.0 Å². The highest BCUT2D eigenvalue weighted by atomic mass is 35.5. The molecule has 0 radical (unpaired) electrons. The van der Waals surface area contributed by atoms with E-state index in [0.29, 0.717) is 16.3 Å². The maximum atomic E-state index is 12.9. The van der Waals surface area contributed by atoms with E-state index in [1.807, 2.05) is 0 Å². The van der Waals surface area contributed by atoms with Crippen LogP contribution in [0.3, 0.4) is 0 Å². The van der Waals surface area contributed by atoms with Gasteiger partial charge in [0.15, 0.2) is 0 Å². The van der Waals surface area contributed by atoms with E-state index in [9.17, 15) is 14.4 Å². The van der Waals surface area contributed by atoms with Gasteiger partial charge in [-0.2, -0.15) is 0 Å². The van der Waals surface area contributed by atoms with E-state index in [0.717, 1.165) is 4.90 Å². The zero-order valence-electron chi connectivity index (χ0n) is 14.7.